The van der Waals surface area contributed by atoms with Crippen LogP contribution < -0.4 is 9.64 Å². The molecule has 1 atom stereocenters. The van der Waals surface area contributed by atoms with Crippen LogP contribution in [0.15, 0.2) is 66.2 Å². The monoisotopic (exact) mass is 528 g/mol. The number of anilines is 1. The number of ether oxygens (including phenoxy) is 1. The van der Waals surface area contributed by atoms with Crippen molar-refractivity contribution in [1.29, 1.82) is 0 Å². The Morgan fingerprint density at radius 1 is 1.08 bits per heavy atom. The van der Waals surface area contributed by atoms with Crippen molar-refractivity contribution in [2.45, 2.75) is 39.7 Å². The number of hydrogen-bond acceptors (Lipinski definition) is 7. The maximum absolute atomic E-state index is 13.5. The second-order valence-corrected chi connectivity index (χ2v) is 10.4. The van der Waals surface area contributed by atoms with Gasteiger partial charge < -0.3 is 14.9 Å². The van der Waals surface area contributed by atoms with Crippen LogP contribution in [0, 0.1) is 13.8 Å². The van der Waals surface area contributed by atoms with Gasteiger partial charge in [-0.25, -0.2) is 4.98 Å². The SMILES string of the molecule is CCCCOc1cccc(/C(O)=C2\C(=O)C(=O)N(c3nc4c(C)cc(C)cc4s3)C2c2ccc(O)cc2)c1. The van der Waals surface area contributed by atoms with Crippen molar-refractivity contribution in [3.05, 3.63) is 88.5 Å². The molecule has 0 spiro atoms. The van der Waals surface area contributed by atoms with Crippen LogP contribution in [0.3, 0.4) is 0 Å². The van der Waals surface area contributed by atoms with Crippen LogP contribution in [0.2, 0.25) is 0 Å². The van der Waals surface area contributed by atoms with E-state index >= 15 is 0 Å². The number of benzene rings is 3. The molecule has 1 aliphatic rings. The maximum Gasteiger partial charge on any atom is 0.301 e. The first-order chi connectivity index (χ1) is 18.3. The Kier molecular flexibility index (Phi) is 6.91. The molecule has 2 N–H and O–H groups in total. The van der Waals surface area contributed by atoms with Crippen molar-refractivity contribution in [2.75, 3.05) is 11.5 Å². The number of aromatic hydroxyl groups is 1. The van der Waals surface area contributed by atoms with Gasteiger partial charge in [0.05, 0.1) is 28.4 Å². The van der Waals surface area contributed by atoms with Crippen molar-refractivity contribution in [3.8, 4) is 11.5 Å². The maximum atomic E-state index is 13.5. The third kappa shape index (κ3) is 4.63. The molecular weight excluding hydrogens is 500 g/mol. The molecule has 1 fully saturated rings. The van der Waals surface area contributed by atoms with E-state index in [2.05, 4.69) is 6.92 Å². The molecule has 4 aromatic rings. The number of thiazole rings is 1. The van der Waals surface area contributed by atoms with E-state index in [1.807, 2.05) is 26.0 Å². The Hall–Kier alpha value is -4.17. The van der Waals surface area contributed by atoms with Crippen molar-refractivity contribution >= 4 is 44.1 Å². The summed E-state index contributed by atoms with van der Waals surface area (Å²) in [5, 5.41) is 21.7. The molecule has 5 rings (SSSR count). The summed E-state index contributed by atoms with van der Waals surface area (Å²) in [7, 11) is 0. The number of phenols is 1. The minimum Gasteiger partial charge on any atom is -0.508 e. The van der Waals surface area contributed by atoms with Crippen LogP contribution >= 0.6 is 11.3 Å². The number of ketones is 1. The van der Waals surface area contributed by atoms with Crippen molar-refractivity contribution in [3.63, 3.8) is 0 Å². The molecule has 1 aromatic heterocycles. The number of aryl methyl sites for hydroxylation is 2. The largest absolute Gasteiger partial charge is 0.508 e. The lowest BCUT2D eigenvalue weighted by atomic mass is 9.95. The molecule has 1 unspecified atom stereocenters. The summed E-state index contributed by atoms with van der Waals surface area (Å²) >= 11 is 1.32. The van der Waals surface area contributed by atoms with Gasteiger partial charge in [-0.3, -0.25) is 14.5 Å². The zero-order valence-corrected chi connectivity index (χ0v) is 22.2. The number of aliphatic hydroxyl groups excluding tert-OH is 1. The number of aliphatic hydroxyl groups is 1. The van der Waals surface area contributed by atoms with E-state index in [-0.39, 0.29) is 17.1 Å². The fourth-order valence-corrected chi connectivity index (χ4v) is 5.86. The summed E-state index contributed by atoms with van der Waals surface area (Å²) in [6.45, 7) is 6.56. The molecule has 1 saturated heterocycles. The number of unbranched alkanes of at least 4 members (excludes halogenated alkanes) is 1. The first-order valence-corrected chi connectivity index (χ1v) is 13.3. The van der Waals surface area contributed by atoms with E-state index in [0.29, 0.717) is 28.6 Å². The quantitative estimate of drug-likeness (QED) is 0.124. The highest BCUT2D eigenvalue weighted by Gasteiger charge is 2.48. The van der Waals surface area contributed by atoms with Gasteiger partial charge in [0.1, 0.15) is 17.3 Å². The number of nitrogens with zero attached hydrogens (tertiary/aromatic N) is 2. The summed E-state index contributed by atoms with van der Waals surface area (Å²) in [4.78, 5) is 33.1. The number of phenolic OH excluding ortho intramolecular Hbond substituents is 1. The van der Waals surface area contributed by atoms with E-state index in [1.165, 1.54) is 28.4 Å². The third-order valence-electron chi connectivity index (χ3n) is 6.55. The van der Waals surface area contributed by atoms with E-state index < -0.39 is 17.7 Å². The molecule has 1 amide bonds. The topological polar surface area (TPSA) is 100.0 Å². The Morgan fingerprint density at radius 2 is 1.84 bits per heavy atom. The van der Waals surface area contributed by atoms with E-state index in [9.17, 15) is 19.8 Å². The normalized spacial score (nSPS) is 16.9. The number of rotatable bonds is 7. The molecule has 1 aliphatic heterocycles. The molecule has 0 aliphatic carbocycles. The number of hydrogen-bond donors (Lipinski definition) is 2. The van der Waals surface area contributed by atoms with Crippen LogP contribution in [0.4, 0.5) is 5.13 Å². The highest BCUT2D eigenvalue weighted by atomic mass is 32.1. The summed E-state index contributed by atoms with van der Waals surface area (Å²) in [6, 6.07) is 16.2. The average molecular weight is 529 g/mol. The predicted octanol–water partition coefficient (Wildman–Crippen LogP) is 6.42. The summed E-state index contributed by atoms with van der Waals surface area (Å²) in [5.74, 6) is -1.25. The smallest absolute Gasteiger partial charge is 0.301 e. The number of Topliss-reactive ketones (excluding diaryl/α,β-unsaturated/α-hetero) is 1. The van der Waals surface area contributed by atoms with Gasteiger partial charge in [0, 0.05) is 5.56 Å². The first kappa shape index (κ1) is 25.5. The number of fused-ring (bicyclic) bond motifs is 1. The van der Waals surface area contributed by atoms with E-state index in [0.717, 1.165) is 34.2 Å². The molecule has 2 heterocycles. The first-order valence-electron chi connectivity index (χ1n) is 12.5. The highest BCUT2D eigenvalue weighted by molar-refractivity contribution is 7.22. The van der Waals surface area contributed by atoms with Gasteiger partial charge in [0.2, 0.25) is 0 Å². The van der Waals surface area contributed by atoms with Crippen molar-refractivity contribution in [1.82, 2.24) is 4.98 Å². The average Bonchev–Trinajstić information content (AvgIpc) is 3.43. The summed E-state index contributed by atoms with van der Waals surface area (Å²) < 4.78 is 6.69. The molecule has 7 nitrogen and oxygen atoms in total. The van der Waals surface area contributed by atoms with Gasteiger partial charge >= 0.3 is 5.91 Å². The molecule has 38 heavy (non-hydrogen) atoms. The lowest BCUT2D eigenvalue weighted by molar-refractivity contribution is -0.132. The lowest BCUT2D eigenvalue weighted by Gasteiger charge is -2.23. The summed E-state index contributed by atoms with van der Waals surface area (Å²) in [5.41, 5.74) is 3.70. The Balaban J connectivity index is 1.66. The van der Waals surface area contributed by atoms with Crippen LogP contribution in [0.1, 0.15) is 48.1 Å². The lowest BCUT2D eigenvalue weighted by Crippen LogP contribution is -2.29. The highest BCUT2D eigenvalue weighted by Crippen LogP contribution is 2.45. The Labute approximate surface area is 224 Å². The number of carbonyl (C=O) groups is 2. The zero-order valence-electron chi connectivity index (χ0n) is 21.4. The van der Waals surface area contributed by atoms with Crippen LogP contribution in [0.25, 0.3) is 16.0 Å². The number of amides is 1. The second-order valence-electron chi connectivity index (χ2n) is 9.42. The Bertz CT molecular complexity index is 1570. The molecule has 194 valence electrons. The zero-order chi connectivity index (χ0) is 27.0. The Morgan fingerprint density at radius 3 is 2.58 bits per heavy atom. The molecular formula is C30H28N2O5S. The van der Waals surface area contributed by atoms with E-state index in [1.54, 1.807) is 36.4 Å². The van der Waals surface area contributed by atoms with Crippen LogP contribution in [-0.4, -0.2) is 33.5 Å². The molecule has 3 aromatic carbocycles. The van der Waals surface area contributed by atoms with Gasteiger partial charge in [-0.2, -0.15) is 0 Å². The van der Waals surface area contributed by atoms with Gasteiger partial charge in [0.15, 0.2) is 5.13 Å². The minimum atomic E-state index is -0.928. The number of carbonyl (C=O) groups excluding carboxylic acids is 2. The molecule has 0 bridgehead atoms. The van der Waals surface area contributed by atoms with Gasteiger partial charge in [0.25, 0.3) is 5.78 Å². The molecule has 0 radical (unpaired) electrons. The van der Waals surface area contributed by atoms with Gasteiger partial charge in [-0.15, -0.1) is 0 Å². The predicted molar refractivity (Wildman–Crippen MR) is 149 cm³/mol. The van der Waals surface area contributed by atoms with Crippen LogP contribution in [0.5, 0.6) is 11.5 Å². The number of aromatic nitrogens is 1. The molecule has 0 saturated carbocycles. The van der Waals surface area contributed by atoms with Crippen molar-refractivity contribution in [2.24, 2.45) is 0 Å². The van der Waals surface area contributed by atoms with Crippen LogP contribution in [-0.2, 0) is 9.59 Å². The third-order valence-corrected chi connectivity index (χ3v) is 7.55. The minimum absolute atomic E-state index is 0.0430. The van der Waals surface area contributed by atoms with Gasteiger partial charge in [-0.1, -0.05) is 55.0 Å². The standard InChI is InChI=1S/C30H28N2O5S/c1-4-5-13-37-22-8-6-7-20(16-22)27(34)24-26(19-9-11-21(33)12-10-19)32(29(36)28(24)35)30-31-25-18(3)14-17(2)15-23(25)38-30/h6-12,14-16,26,33-34H,4-5,13H2,1-3H3/b27-24+. The van der Waals surface area contributed by atoms with Crippen molar-refractivity contribution < 1.29 is 24.5 Å². The van der Waals surface area contributed by atoms with Gasteiger partial charge in [-0.05, 0) is 67.3 Å². The summed E-state index contributed by atoms with van der Waals surface area (Å²) in [6.07, 6.45) is 1.88. The van der Waals surface area contributed by atoms with E-state index in [4.69, 9.17) is 9.72 Å². The molecule has 8 heteroatoms. The second kappa shape index (κ2) is 10.3. The fraction of sp³-hybridized carbons (Fsp3) is 0.233. The fourth-order valence-electron chi connectivity index (χ4n) is 4.69.